The van der Waals surface area contributed by atoms with Gasteiger partial charge < -0.3 is 5.32 Å². The number of carbonyl (C=O) groups excluding carboxylic acids is 2. The van der Waals surface area contributed by atoms with Crippen molar-refractivity contribution in [2.45, 2.75) is 18.5 Å². The molecule has 4 nitrogen and oxygen atoms in total. The van der Waals surface area contributed by atoms with E-state index in [-0.39, 0.29) is 17.2 Å². The number of amides is 2. The minimum atomic E-state index is -4.48. The van der Waals surface area contributed by atoms with Crippen molar-refractivity contribution in [3.05, 3.63) is 94.8 Å². The van der Waals surface area contributed by atoms with Gasteiger partial charge in [0.25, 0.3) is 5.91 Å². The maximum absolute atomic E-state index is 14.1. The number of rotatable bonds is 4. The summed E-state index contributed by atoms with van der Waals surface area (Å²) in [7, 11) is 0. The van der Waals surface area contributed by atoms with Crippen molar-refractivity contribution in [1.29, 1.82) is 0 Å². The van der Waals surface area contributed by atoms with Crippen LogP contribution in [0.5, 0.6) is 0 Å². The van der Waals surface area contributed by atoms with Crippen LogP contribution in [0.25, 0.3) is 0 Å². The van der Waals surface area contributed by atoms with Crippen LogP contribution in [-0.4, -0.2) is 17.6 Å². The van der Waals surface area contributed by atoms with Gasteiger partial charge in [-0.05, 0) is 66.6 Å². The Morgan fingerprint density at radius 1 is 1.06 bits per heavy atom. The molecule has 2 amide bonds. The number of hydrogen-bond donors (Lipinski definition) is 1. The molecule has 33 heavy (non-hydrogen) atoms. The summed E-state index contributed by atoms with van der Waals surface area (Å²) in [5, 5.41) is 2.26. The Morgan fingerprint density at radius 2 is 1.79 bits per heavy atom. The number of nitrogens with zero attached hydrogens (tertiary/aromatic N) is 1. The molecule has 3 aromatic rings. The van der Waals surface area contributed by atoms with Crippen LogP contribution in [0.15, 0.2) is 66.7 Å². The lowest BCUT2D eigenvalue weighted by Gasteiger charge is -2.25. The molecule has 0 bridgehead atoms. The highest BCUT2D eigenvalue weighted by atomic mass is 32.2. The van der Waals surface area contributed by atoms with E-state index in [1.807, 2.05) is 0 Å². The van der Waals surface area contributed by atoms with Gasteiger partial charge in [-0.25, -0.2) is 4.39 Å². The lowest BCUT2D eigenvalue weighted by Crippen LogP contribution is -2.28. The molecule has 1 atom stereocenters. The number of hydrogen-bond acceptors (Lipinski definition) is 3. The molecule has 1 fully saturated rings. The number of carbonyl (C=O) groups is 2. The van der Waals surface area contributed by atoms with Gasteiger partial charge in [-0.2, -0.15) is 13.2 Å². The number of thioether (sulfide) groups is 1. The molecular formula is C24H18F4N2O2S. The molecule has 4 rings (SSSR count). The molecule has 0 aromatic heterocycles. The van der Waals surface area contributed by atoms with Crippen LogP contribution in [0.4, 0.5) is 28.9 Å². The molecule has 1 heterocycles. The summed E-state index contributed by atoms with van der Waals surface area (Å²) >= 11 is 1.38. The van der Waals surface area contributed by atoms with E-state index in [0.717, 1.165) is 29.8 Å². The van der Waals surface area contributed by atoms with Gasteiger partial charge in [-0.1, -0.05) is 18.2 Å². The van der Waals surface area contributed by atoms with Gasteiger partial charge in [0.2, 0.25) is 5.91 Å². The van der Waals surface area contributed by atoms with Crippen LogP contribution in [-0.2, 0) is 11.0 Å². The van der Waals surface area contributed by atoms with Gasteiger partial charge in [0.1, 0.15) is 11.2 Å². The zero-order valence-electron chi connectivity index (χ0n) is 17.3. The SMILES string of the molecule is Cc1ccc(N2C(=O)CS[C@H]2c2cccc(NC(=O)c3ccc(C(F)(F)F)cc3)c2)cc1F. The van der Waals surface area contributed by atoms with Crippen LogP contribution in [0.3, 0.4) is 0 Å². The molecule has 170 valence electrons. The van der Waals surface area contributed by atoms with E-state index < -0.39 is 28.8 Å². The molecule has 0 radical (unpaired) electrons. The summed E-state index contributed by atoms with van der Waals surface area (Å²) in [4.78, 5) is 26.6. The Hall–Kier alpha value is -3.33. The minimum Gasteiger partial charge on any atom is -0.322 e. The van der Waals surface area contributed by atoms with Crippen molar-refractivity contribution in [1.82, 2.24) is 0 Å². The molecule has 0 unspecified atom stereocenters. The van der Waals surface area contributed by atoms with Gasteiger partial charge in [-0.15, -0.1) is 11.8 Å². The maximum Gasteiger partial charge on any atom is 0.416 e. The first-order chi connectivity index (χ1) is 15.6. The topological polar surface area (TPSA) is 49.4 Å². The zero-order chi connectivity index (χ0) is 23.8. The summed E-state index contributed by atoms with van der Waals surface area (Å²) in [5.41, 5.74) is 1.30. The third kappa shape index (κ3) is 4.88. The van der Waals surface area contributed by atoms with Crippen LogP contribution in [0.2, 0.25) is 0 Å². The summed E-state index contributed by atoms with van der Waals surface area (Å²) < 4.78 is 52.3. The third-order valence-corrected chi connectivity index (χ3v) is 6.42. The van der Waals surface area contributed by atoms with Crippen molar-refractivity contribution >= 4 is 35.0 Å². The maximum atomic E-state index is 14.1. The predicted molar refractivity (Wildman–Crippen MR) is 120 cm³/mol. The van der Waals surface area contributed by atoms with Gasteiger partial charge in [0, 0.05) is 16.9 Å². The second-order valence-electron chi connectivity index (χ2n) is 7.52. The number of nitrogens with one attached hydrogen (secondary N) is 1. The molecule has 0 saturated carbocycles. The molecule has 1 aliphatic rings. The van der Waals surface area contributed by atoms with Crippen molar-refractivity contribution in [3.8, 4) is 0 Å². The van der Waals surface area contributed by atoms with Crippen LogP contribution >= 0.6 is 11.8 Å². The van der Waals surface area contributed by atoms with Gasteiger partial charge in [0.15, 0.2) is 0 Å². The highest BCUT2D eigenvalue weighted by Gasteiger charge is 2.34. The van der Waals surface area contributed by atoms with Crippen LogP contribution in [0.1, 0.15) is 32.4 Å². The highest BCUT2D eigenvalue weighted by Crippen LogP contribution is 2.42. The lowest BCUT2D eigenvalue weighted by atomic mass is 10.1. The Labute approximate surface area is 191 Å². The molecule has 0 aliphatic carbocycles. The van der Waals surface area contributed by atoms with E-state index in [2.05, 4.69) is 5.32 Å². The molecule has 1 aliphatic heterocycles. The summed E-state index contributed by atoms with van der Waals surface area (Å²) in [6, 6.07) is 15.4. The summed E-state index contributed by atoms with van der Waals surface area (Å²) in [5.74, 6) is -0.906. The number of benzene rings is 3. The predicted octanol–water partition coefficient (Wildman–Crippen LogP) is 6.18. The van der Waals surface area contributed by atoms with Gasteiger partial charge >= 0.3 is 6.18 Å². The van der Waals surface area contributed by atoms with E-state index in [1.54, 1.807) is 43.3 Å². The summed E-state index contributed by atoms with van der Waals surface area (Å²) in [6.45, 7) is 1.64. The zero-order valence-corrected chi connectivity index (χ0v) is 18.1. The van der Waals surface area contributed by atoms with E-state index >= 15 is 0 Å². The molecule has 0 spiro atoms. The smallest absolute Gasteiger partial charge is 0.322 e. The highest BCUT2D eigenvalue weighted by molar-refractivity contribution is 8.00. The van der Waals surface area contributed by atoms with Gasteiger partial charge in [0.05, 0.1) is 11.3 Å². The van der Waals surface area contributed by atoms with Crippen LogP contribution < -0.4 is 10.2 Å². The largest absolute Gasteiger partial charge is 0.416 e. The Bertz CT molecular complexity index is 1210. The molecule has 1 saturated heterocycles. The number of halogens is 4. The monoisotopic (exact) mass is 474 g/mol. The average Bonchev–Trinajstić information content (AvgIpc) is 3.17. The molecule has 1 N–H and O–H groups in total. The van der Waals surface area contributed by atoms with E-state index in [4.69, 9.17) is 0 Å². The number of aryl methyl sites for hydroxylation is 1. The number of anilines is 2. The normalized spacial score (nSPS) is 16.2. The van der Waals surface area contributed by atoms with Crippen molar-refractivity contribution in [2.24, 2.45) is 0 Å². The van der Waals surface area contributed by atoms with Gasteiger partial charge in [-0.3, -0.25) is 14.5 Å². The van der Waals surface area contributed by atoms with E-state index in [1.165, 1.54) is 22.7 Å². The fourth-order valence-electron chi connectivity index (χ4n) is 3.47. The summed E-state index contributed by atoms with van der Waals surface area (Å²) in [6.07, 6.45) is -4.48. The first kappa shape index (κ1) is 22.8. The third-order valence-electron chi connectivity index (χ3n) is 5.21. The average molecular weight is 474 g/mol. The Morgan fingerprint density at radius 3 is 2.45 bits per heavy atom. The fraction of sp³-hybridized carbons (Fsp3) is 0.167. The lowest BCUT2D eigenvalue weighted by molar-refractivity contribution is -0.137. The number of alkyl halides is 3. The van der Waals surface area contributed by atoms with Crippen LogP contribution in [0, 0.1) is 12.7 Å². The Balaban J connectivity index is 1.55. The van der Waals surface area contributed by atoms with Crippen molar-refractivity contribution in [2.75, 3.05) is 16.0 Å². The molecule has 9 heteroatoms. The van der Waals surface area contributed by atoms with Crippen molar-refractivity contribution < 1.29 is 27.2 Å². The van der Waals surface area contributed by atoms with E-state index in [0.29, 0.717) is 16.9 Å². The second kappa shape index (κ2) is 8.90. The quantitative estimate of drug-likeness (QED) is 0.459. The Kier molecular flexibility index (Phi) is 6.16. The standard InChI is InChI=1S/C24H18F4N2O2S/c1-14-5-10-19(12-20(14)25)30-21(31)13-33-23(30)16-3-2-4-18(11-16)29-22(32)15-6-8-17(9-7-15)24(26,27)28/h2-12,23H,13H2,1H3,(H,29,32)/t23-/m0/s1. The van der Waals surface area contributed by atoms with Crippen molar-refractivity contribution in [3.63, 3.8) is 0 Å². The molecule has 3 aromatic carbocycles. The molecular weight excluding hydrogens is 456 g/mol. The minimum absolute atomic E-state index is 0.0792. The first-order valence-electron chi connectivity index (χ1n) is 9.92. The van der Waals surface area contributed by atoms with E-state index in [9.17, 15) is 27.2 Å². The second-order valence-corrected chi connectivity index (χ2v) is 8.58. The fourth-order valence-corrected chi connectivity index (χ4v) is 4.63. The first-order valence-corrected chi connectivity index (χ1v) is 11.0.